The van der Waals surface area contributed by atoms with Gasteiger partial charge in [0.2, 0.25) is 0 Å². The van der Waals surface area contributed by atoms with E-state index in [-0.39, 0.29) is 0 Å². The van der Waals surface area contributed by atoms with Gasteiger partial charge in [-0.15, -0.1) is 0 Å². The first-order chi connectivity index (χ1) is 4.60. The van der Waals surface area contributed by atoms with Gasteiger partial charge in [0.15, 0.2) is 5.72 Å². The highest BCUT2D eigenvalue weighted by Gasteiger charge is 2.45. The van der Waals surface area contributed by atoms with Crippen LogP contribution in [0.25, 0.3) is 0 Å². The van der Waals surface area contributed by atoms with Crippen molar-refractivity contribution in [3.8, 4) is 0 Å². The first-order valence-electron chi connectivity index (χ1n) is 2.87. The average Bonchev–Trinajstić information content (AvgIpc) is 2.19. The number of ether oxygens (including phenoxy) is 1. The van der Waals surface area contributed by atoms with E-state index in [1.54, 1.807) is 0 Å². The molecule has 1 saturated heterocycles. The molecule has 0 aromatic carbocycles. The topological polar surface area (TPSA) is 95.9 Å². The van der Waals surface area contributed by atoms with Crippen LogP contribution in [0.4, 0.5) is 0 Å². The van der Waals surface area contributed by atoms with E-state index in [1.807, 2.05) is 0 Å². The molecular formula is C5H10NO4. The molecule has 5 nitrogen and oxygen atoms in total. The first-order valence-corrected chi connectivity index (χ1v) is 2.87. The largest absolute Gasteiger partial charge is 0.392 e. The molecular weight excluding hydrogens is 138 g/mol. The highest BCUT2D eigenvalue weighted by Crippen LogP contribution is 2.23. The number of hydrogen-bond acceptors (Lipinski definition) is 5. The second-order valence-electron chi connectivity index (χ2n) is 2.30. The molecule has 1 heterocycles. The molecule has 59 valence electrons. The summed E-state index contributed by atoms with van der Waals surface area (Å²) in [6, 6.07) is 0. The van der Waals surface area contributed by atoms with Crippen LogP contribution in [0.3, 0.4) is 0 Å². The minimum absolute atomic E-state index is 0.526. The summed E-state index contributed by atoms with van der Waals surface area (Å²) in [7, 11) is 0. The van der Waals surface area contributed by atoms with Gasteiger partial charge in [0.1, 0.15) is 18.8 Å². The molecule has 0 amide bonds. The van der Waals surface area contributed by atoms with Gasteiger partial charge in [-0.3, -0.25) is 5.73 Å². The lowest BCUT2D eigenvalue weighted by Crippen LogP contribution is -2.54. The fraction of sp³-hybridized carbons (Fsp3) is 0.800. The molecule has 1 aliphatic rings. The first kappa shape index (κ1) is 7.90. The van der Waals surface area contributed by atoms with Crippen molar-refractivity contribution in [2.24, 2.45) is 5.73 Å². The summed E-state index contributed by atoms with van der Waals surface area (Å²) in [6.45, 7) is 0.475. The fourth-order valence-electron chi connectivity index (χ4n) is 0.760. The molecule has 0 spiro atoms. The highest BCUT2D eigenvalue weighted by molar-refractivity contribution is 4.97. The van der Waals surface area contributed by atoms with E-state index in [1.165, 1.54) is 0 Å². The van der Waals surface area contributed by atoms with Gasteiger partial charge in [0, 0.05) is 0 Å². The Bertz CT molecular complexity index is 131. The minimum Gasteiger partial charge on any atom is -0.392 e. The summed E-state index contributed by atoms with van der Waals surface area (Å²) in [5, 5.41) is 26.4. The molecule has 5 heteroatoms. The van der Waals surface area contributed by atoms with Gasteiger partial charge in [-0.05, 0) is 0 Å². The van der Waals surface area contributed by atoms with Crippen molar-refractivity contribution in [3.05, 3.63) is 6.61 Å². The van der Waals surface area contributed by atoms with Crippen molar-refractivity contribution >= 4 is 0 Å². The average molecular weight is 148 g/mol. The maximum atomic E-state index is 9.03. The van der Waals surface area contributed by atoms with Gasteiger partial charge in [0.05, 0.1) is 6.61 Å². The fourth-order valence-corrected chi connectivity index (χ4v) is 0.760. The molecule has 0 bridgehead atoms. The van der Waals surface area contributed by atoms with Gasteiger partial charge in [-0.25, -0.2) is 0 Å². The van der Waals surface area contributed by atoms with Crippen LogP contribution in [0.5, 0.6) is 0 Å². The number of nitrogens with two attached hydrogens (primary N) is 1. The SMILES string of the molecule is N[C@]1(CO)O[CH][C@H](O)[C@@H]1O. The second-order valence-corrected chi connectivity index (χ2v) is 2.30. The normalized spacial score (nSPS) is 48.0. The van der Waals surface area contributed by atoms with Gasteiger partial charge in [0.25, 0.3) is 0 Å². The Morgan fingerprint density at radius 3 is 2.40 bits per heavy atom. The zero-order valence-electron chi connectivity index (χ0n) is 5.27. The number of aliphatic hydroxyl groups excluding tert-OH is 3. The quantitative estimate of drug-likeness (QED) is 0.331. The zero-order valence-corrected chi connectivity index (χ0v) is 5.27. The minimum atomic E-state index is -1.53. The van der Waals surface area contributed by atoms with Crippen molar-refractivity contribution in [2.75, 3.05) is 6.61 Å². The second kappa shape index (κ2) is 2.44. The van der Waals surface area contributed by atoms with Crippen molar-refractivity contribution in [1.82, 2.24) is 0 Å². The predicted octanol–water partition coefficient (Wildman–Crippen LogP) is -2.45. The van der Waals surface area contributed by atoms with Crippen LogP contribution >= 0.6 is 0 Å². The summed E-state index contributed by atoms with van der Waals surface area (Å²) in [4.78, 5) is 0. The molecule has 3 atom stereocenters. The summed E-state index contributed by atoms with van der Waals surface area (Å²) in [6.07, 6.45) is -2.37. The van der Waals surface area contributed by atoms with Gasteiger partial charge >= 0.3 is 0 Å². The van der Waals surface area contributed by atoms with E-state index in [4.69, 9.17) is 21.1 Å². The maximum Gasteiger partial charge on any atom is 0.169 e. The molecule has 0 unspecified atom stereocenters. The smallest absolute Gasteiger partial charge is 0.169 e. The molecule has 0 saturated carbocycles. The van der Waals surface area contributed by atoms with Crippen molar-refractivity contribution in [3.63, 3.8) is 0 Å². The lowest BCUT2D eigenvalue weighted by atomic mass is 10.1. The monoisotopic (exact) mass is 148 g/mol. The van der Waals surface area contributed by atoms with Gasteiger partial charge in [-0.2, -0.15) is 0 Å². The molecule has 10 heavy (non-hydrogen) atoms. The van der Waals surface area contributed by atoms with Gasteiger partial charge in [-0.1, -0.05) is 0 Å². The van der Waals surface area contributed by atoms with Gasteiger partial charge < -0.3 is 20.1 Å². The van der Waals surface area contributed by atoms with E-state index in [0.717, 1.165) is 6.61 Å². The molecule has 1 radical (unpaired) electrons. The van der Waals surface area contributed by atoms with Crippen molar-refractivity contribution < 1.29 is 20.1 Å². The summed E-state index contributed by atoms with van der Waals surface area (Å²) in [5.74, 6) is 0. The van der Waals surface area contributed by atoms with Crippen LogP contribution < -0.4 is 5.73 Å². The maximum absolute atomic E-state index is 9.03. The van der Waals surface area contributed by atoms with Crippen LogP contribution in [-0.4, -0.2) is 39.9 Å². The molecule has 1 fully saturated rings. The van der Waals surface area contributed by atoms with Crippen LogP contribution in [0.1, 0.15) is 0 Å². The zero-order chi connectivity index (χ0) is 7.78. The van der Waals surface area contributed by atoms with Crippen LogP contribution in [-0.2, 0) is 4.74 Å². The highest BCUT2D eigenvalue weighted by atomic mass is 16.6. The third-order valence-corrected chi connectivity index (χ3v) is 1.50. The van der Waals surface area contributed by atoms with Crippen LogP contribution in [0, 0.1) is 6.61 Å². The number of rotatable bonds is 1. The Morgan fingerprint density at radius 2 is 2.20 bits per heavy atom. The van der Waals surface area contributed by atoms with Crippen molar-refractivity contribution in [1.29, 1.82) is 0 Å². The lowest BCUT2D eigenvalue weighted by Gasteiger charge is -2.23. The molecule has 5 N–H and O–H groups in total. The van der Waals surface area contributed by atoms with Crippen LogP contribution in [0.2, 0.25) is 0 Å². The Hall–Kier alpha value is -0.200. The van der Waals surface area contributed by atoms with Crippen molar-refractivity contribution in [2.45, 2.75) is 17.9 Å². The molecule has 0 aromatic rings. The third kappa shape index (κ3) is 1.02. The summed E-state index contributed by atoms with van der Waals surface area (Å²) < 4.78 is 4.62. The Morgan fingerprint density at radius 1 is 1.60 bits per heavy atom. The molecule has 1 rings (SSSR count). The lowest BCUT2D eigenvalue weighted by molar-refractivity contribution is -0.0832. The molecule has 0 aliphatic carbocycles. The standard InChI is InChI=1S/C5H10NO4/c6-5(2-7)4(9)3(8)1-10-5/h1,3-4,7-9H,2,6H2/t3-,4-,5+/m0/s1. The Balaban J connectivity index is 2.64. The number of aliphatic hydroxyl groups is 3. The predicted molar refractivity (Wildman–Crippen MR) is 31.4 cm³/mol. The van der Waals surface area contributed by atoms with E-state index >= 15 is 0 Å². The Kier molecular flexibility index (Phi) is 1.93. The Labute approximate surface area is 58.0 Å². The summed E-state index contributed by atoms with van der Waals surface area (Å²) in [5.41, 5.74) is 3.75. The molecule has 1 aliphatic heterocycles. The van der Waals surface area contributed by atoms with E-state index in [9.17, 15) is 0 Å². The molecule has 0 aromatic heterocycles. The summed E-state index contributed by atoms with van der Waals surface area (Å²) >= 11 is 0. The van der Waals surface area contributed by atoms with Crippen LogP contribution in [0.15, 0.2) is 0 Å². The van der Waals surface area contributed by atoms with E-state index < -0.39 is 24.5 Å². The third-order valence-electron chi connectivity index (χ3n) is 1.50. The number of hydrogen-bond donors (Lipinski definition) is 4. The van der Waals surface area contributed by atoms with E-state index in [2.05, 4.69) is 4.74 Å². The van der Waals surface area contributed by atoms with E-state index in [0.29, 0.717) is 0 Å².